The number of aromatic nitrogens is 1. The van der Waals surface area contributed by atoms with Crippen molar-refractivity contribution < 1.29 is 4.79 Å². The number of nitrogens with one attached hydrogen (secondary N) is 1. The number of pyridine rings is 1. The van der Waals surface area contributed by atoms with Crippen LogP contribution in [0.5, 0.6) is 0 Å². The zero-order valence-corrected chi connectivity index (χ0v) is 12.9. The summed E-state index contributed by atoms with van der Waals surface area (Å²) in [7, 11) is 0. The predicted octanol–water partition coefficient (Wildman–Crippen LogP) is 4.59. The third-order valence-corrected chi connectivity index (χ3v) is 4.53. The molecule has 1 N–H and O–H groups in total. The number of carbonyl (C=O) groups is 1. The highest BCUT2D eigenvalue weighted by Gasteiger charge is 2.14. The van der Waals surface area contributed by atoms with Crippen LogP contribution in [0.1, 0.15) is 28.2 Å². The molecule has 2 heterocycles. The number of thiophene rings is 1. The smallest absolute Gasteiger partial charge is 0.253 e. The standard InChI is InChI=1S/C12H9Cl3N2OS/c1-6(9-2-3-10(14)19-9)17-12(18)7-4-8(13)11(15)16-5-7/h2-6H,1H3,(H,17,18). The van der Waals surface area contributed by atoms with Gasteiger partial charge >= 0.3 is 0 Å². The maximum Gasteiger partial charge on any atom is 0.253 e. The Hall–Kier alpha value is -0.810. The van der Waals surface area contributed by atoms with Gasteiger partial charge in [0.2, 0.25) is 0 Å². The van der Waals surface area contributed by atoms with Crippen LogP contribution in [0.4, 0.5) is 0 Å². The lowest BCUT2D eigenvalue weighted by Gasteiger charge is -2.12. The van der Waals surface area contributed by atoms with E-state index in [9.17, 15) is 4.79 Å². The fourth-order valence-corrected chi connectivity index (χ4v) is 2.79. The Balaban J connectivity index is 2.10. The molecule has 3 nitrogen and oxygen atoms in total. The summed E-state index contributed by atoms with van der Waals surface area (Å²) < 4.78 is 0.687. The second kappa shape index (κ2) is 6.09. The summed E-state index contributed by atoms with van der Waals surface area (Å²) in [6.07, 6.45) is 1.39. The summed E-state index contributed by atoms with van der Waals surface area (Å²) in [6.45, 7) is 1.88. The zero-order chi connectivity index (χ0) is 14.0. The summed E-state index contributed by atoms with van der Waals surface area (Å²) in [5.74, 6) is -0.261. The minimum atomic E-state index is -0.261. The van der Waals surface area contributed by atoms with Gasteiger partial charge in [-0.3, -0.25) is 4.79 Å². The van der Waals surface area contributed by atoms with Crippen LogP contribution in [-0.2, 0) is 0 Å². The molecule has 2 aromatic rings. The molecule has 0 aliphatic carbocycles. The lowest BCUT2D eigenvalue weighted by atomic mass is 10.2. The Kier molecular flexibility index (Phi) is 4.68. The van der Waals surface area contributed by atoms with Gasteiger partial charge < -0.3 is 5.32 Å². The highest BCUT2D eigenvalue weighted by molar-refractivity contribution is 7.16. The number of amides is 1. The van der Waals surface area contributed by atoms with E-state index in [-0.39, 0.29) is 22.1 Å². The summed E-state index contributed by atoms with van der Waals surface area (Å²) in [6, 6.07) is 5.02. The lowest BCUT2D eigenvalue weighted by Crippen LogP contribution is -2.26. The molecule has 0 bridgehead atoms. The van der Waals surface area contributed by atoms with Crippen molar-refractivity contribution in [3.05, 3.63) is 49.3 Å². The van der Waals surface area contributed by atoms with E-state index in [1.165, 1.54) is 23.6 Å². The van der Waals surface area contributed by atoms with E-state index in [2.05, 4.69) is 10.3 Å². The van der Waals surface area contributed by atoms with E-state index < -0.39 is 0 Å². The molecule has 1 amide bonds. The lowest BCUT2D eigenvalue weighted by molar-refractivity contribution is 0.0940. The van der Waals surface area contributed by atoms with Gasteiger partial charge in [0.05, 0.1) is 21.0 Å². The highest BCUT2D eigenvalue weighted by atomic mass is 35.5. The molecule has 100 valence electrons. The molecule has 1 unspecified atom stereocenters. The van der Waals surface area contributed by atoms with Gasteiger partial charge in [-0.1, -0.05) is 34.8 Å². The maximum absolute atomic E-state index is 12.0. The Labute approximate surface area is 129 Å². The first-order chi connectivity index (χ1) is 8.97. The van der Waals surface area contributed by atoms with Crippen molar-refractivity contribution in [2.45, 2.75) is 13.0 Å². The van der Waals surface area contributed by atoms with Crippen molar-refractivity contribution in [3.8, 4) is 0 Å². The fourth-order valence-electron chi connectivity index (χ4n) is 1.46. The zero-order valence-electron chi connectivity index (χ0n) is 9.78. The van der Waals surface area contributed by atoms with Crippen LogP contribution in [0.3, 0.4) is 0 Å². The molecule has 0 saturated carbocycles. The summed E-state index contributed by atoms with van der Waals surface area (Å²) in [5, 5.41) is 3.27. The van der Waals surface area contributed by atoms with E-state index in [1.807, 2.05) is 13.0 Å². The number of carbonyl (C=O) groups excluding carboxylic acids is 1. The molecule has 2 aromatic heterocycles. The van der Waals surface area contributed by atoms with E-state index in [1.54, 1.807) is 6.07 Å². The predicted molar refractivity (Wildman–Crippen MR) is 79.5 cm³/mol. The second-order valence-corrected chi connectivity index (χ2v) is 6.35. The largest absolute Gasteiger partial charge is 0.345 e. The number of nitrogens with zero attached hydrogens (tertiary/aromatic N) is 1. The van der Waals surface area contributed by atoms with Crippen LogP contribution in [-0.4, -0.2) is 10.9 Å². The van der Waals surface area contributed by atoms with Gasteiger partial charge in [0, 0.05) is 11.1 Å². The van der Waals surface area contributed by atoms with E-state index in [0.29, 0.717) is 9.90 Å². The Bertz CT molecular complexity index is 615. The molecule has 0 aromatic carbocycles. The Morgan fingerprint density at radius 2 is 2.11 bits per heavy atom. The van der Waals surface area contributed by atoms with E-state index in [4.69, 9.17) is 34.8 Å². The molecule has 0 spiro atoms. The van der Waals surface area contributed by atoms with Crippen molar-refractivity contribution in [1.82, 2.24) is 10.3 Å². The quantitative estimate of drug-likeness (QED) is 0.833. The van der Waals surface area contributed by atoms with Crippen molar-refractivity contribution in [3.63, 3.8) is 0 Å². The van der Waals surface area contributed by atoms with Gasteiger partial charge in [0.1, 0.15) is 5.15 Å². The molecular weight excluding hydrogens is 327 g/mol. The third-order valence-electron chi connectivity index (χ3n) is 2.43. The van der Waals surface area contributed by atoms with Crippen molar-refractivity contribution in [2.24, 2.45) is 0 Å². The average Bonchev–Trinajstić information content (AvgIpc) is 2.79. The Morgan fingerprint density at radius 1 is 1.37 bits per heavy atom. The molecule has 0 aliphatic heterocycles. The van der Waals surface area contributed by atoms with Crippen molar-refractivity contribution >= 4 is 52.0 Å². The van der Waals surface area contributed by atoms with E-state index in [0.717, 1.165) is 4.88 Å². The summed E-state index contributed by atoms with van der Waals surface area (Å²) >= 11 is 18.8. The van der Waals surface area contributed by atoms with Gasteiger partial charge in [-0.15, -0.1) is 11.3 Å². The number of rotatable bonds is 3. The first-order valence-corrected chi connectivity index (χ1v) is 7.29. The van der Waals surface area contributed by atoms with Crippen LogP contribution in [0.25, 0.3) is 0 Å². The first kappa shape index (κ1) is 14.6. The van der Waals surface area contributed by atoms with Crippen LogP contribution in [0.15, 0.2) is 24.4 Å². The van der Waals surface area contributed by atoms with Crippen LogP contribution < -0.4 is 5.32 Å². The topological polar surface area (TPSA) is 42.0 Å². The minimum absolute atomic E-state index is 0.139. The second-order valence-electron chi connectivity index (χ2n) is 3.83. The molecule has 19 heavy (non-hydrogen) atoms. The molecule has 0 saturated heterocycles. The molecular formula is C12H9Cl3N2OS. The number of hydrogen-bond acceptors (Lipinski definition) is 3. The van der Waals surface area contributed by atoms with Gasteiger partial charge in [-0.2, -0.15) is 0 Å². The summed E-state index contributed by atoms with van der Waals surface area (Å²) in [4.78, 5) is 16.8. The van der Waals surface area contributed by atoms with Gasteiger partial charge in [-0.05, 0) is 25.1 Å². The Morgan fingerprint density at radius 3 is 2.68 bits per heavy atom. The maximum atomic E-state index is 12.0. The van der Waals surface area contributed by atoms with Gasteiger partial charge in [-0.25, -0.2) is 4.98 Å². The molecule has 0 radical (unpaired) electrons. The molecule has 0 fully saturated rings. The monoisotopic (exact) mass is 334 g/mol. The van der Waals surface area contributed by atoms with Crippen LogP contribution in [0, 0.1) is 0 Å². The number of halogens is 3. The highest BCUT2D eigenvalue weighted by Crippen LogP contribution is 2.27. The average molecular weight is 336 g/mol. The molecule has 7 heteroatoms. The molecule has 0 aliphatic rings. The SMILES string of the molecule is CC(NC(=O)c1cnc(Cl)c(Cl)c1)c1ccc(Cl)s1. The minimum Gasteiger partial charge on any atom is -0.345 e. The van der Waals surface area contributed by atoms with Gasteiger partial charge in [0.25, 0.3) is 5.91 Å². The van der Waals surface area contributed by atoms with Crippen molar-refractivity contribution in [1.29, 1.82) is 0 Å². The third kappa shape index (κ3) is 3.60. The van der Waals surface area contributed by atoms with Crippen molar-refractivity contribution in [2.75, 3.05) is 0 Å². The summed E-state index contributed by atoms with van der Waals surface area (Å²) in [5.41, 5.74) is 0.365. The molecule has 1 atom stereocenters. The van der Waals surface area contributed by atoms with Gasteiger partial charge in [0.15, 0.2) is 0 Å². The van der Waals surface area contributed by atoms with Crippen LogP contribution >= 0.6 is 46.1 Å². The number of hydrogen-bond donors (Lipinski definition) is 1. The van der Waals surface area contributed by atoms with E-state index >= 15 is 0 Å². The normalized spacial score (nSPS) is 12.2. The van der Waals surface area contributed by atoms with Crippen LogP contribution in [0.2, 0.25) is 14.5 Å². The molecule has 2 rings (SSSR count). The fraction of sp³-hybridized carbons (Fsp3) is 0.167. The first-order valence-electron chi connectivity index (χ1n) is 5.34.